The average molecular weight is 309 g/mol. The summed E-state index contributed by atoms with van der Waals surface area (Å²) in [6, 6.07) is 6.74. The van der Waals surface area contributed by atoms with Crippen LogP contribution in [0.4, 0.5) is 0 Å². The summed E-state index contributed by atoms with van der Waals surface area (Å²) in [7, 11) is 0.923. The van der Waals surface area contributed by atoms with Crippen LogP contribution < -0.4 is 10.1 Å². The van der Waals surface area contributed by atoms with Gasteiger partial charge in [-0.1, -0.05) is 6.07 Å². The van der Waals surface area contributed by atoms with Crippen molar-refractivity contribution in [2.45, 2.75) is 50.8 Å². The molecule has 118 valence electrons. The van der Waals surface area contributed by atoms with Crippen LogP contribution in [-0.2, 0) is 17.2 Å². The van der Waals surface area contributed by atoms with E-state index in [0.717, 1.165) is 25.1 Å². The van der Waals surface area contributed by atoms with Crippen molar-refractivity contribution >= 4 is 10.8 Å². The van der Waals surface area contributed by atoms with Gasteiger partial charge >= 0.3 is 0 Å². The Balaban J connectivity index is 1.96. The summed E-state index contributed by atoms with van der Waals surface area (Å²) in [5.74, 6) is 1.65. The molecule has 2 rings (SSSR count). The summed E-state index contributed by atoms with van der Waals surface area (Å²) in [4.78, 5) is 0. The lowest BCUT2D eigenvalue weighted by atomic mass is 9.87. The van der Waals surface area contributed by atoms with Gasteiger partial charge in [-0.15, -0.1) is 0 Å². The van der Waals surface area contributed by atoms with Crippen molar-refractivity contribution in [3.8, 4) is 5.75 Å². The molecule has 4 heteroatoms. The first-order chi connectivity index (χ1) is 9.91. The lowest BCUT2D eigenvalue weighted by molar-refractivity contribution is 0.411. The fraction of sp³-hybridized carbons (Fsp3) is 0.647. The number of hydrogen-bond acceptors (Lipinski definition) is 3. The second kappa shape index (κ2) is 6.93. The average Bonchev–Trinajstić information content (AvgIpc) is 2.45. The first kappa shape index (κ1) is 16.5. The van der Waals surface area contributed by atoms with Gasteiger partial charge in [-0.2, -0.15) is 0 Å². The molecule has 0 aromatic heterocycles. The zero-order valence-corrected chi connectivity index (χ0v) is 14.4. The van der Waals surface area contributed by atoms with E-state index in [-0.39, 0.29) is 4.75 Å². The fourth-order valence-electron chi connectivity index (χ4n) is 2.76. The second-order valence-electron chi connectivity index (χ2n) is 6.63. The Morgan fingerprint density at radius 1 is 1.38 bits per heavy atom. The predicted molar refractivity (Wildman–Crippen MR) is 89.4 cm³/mol. The van der Waals surface area contributed by atoms with E-state index in [9.17, 15) is 4.21 Å². The lowest BCUT2D eigenvalue weighted by Gasteiger charge is -2.27. The Hall–Kier alpha value is -0.870. The van der Waals surface area contributed by atoms with Crippen molar-refractivity contribution in [1.82, 2.24) is 5.32 Å². The van der Waals surface area contributed by atoms with Crippen LogP contribution in [0, 0.1) is 0 Å². The highest BCUT2D eigenvalue weighted by Crippen LogP contribution is 2.32. The fourth-order valence-corrected chi connectivity index (χ4v) is 3.68. The van der Waals surface area contributed by atoms with E-state index in [1.54, 1.807) is 7.11 Å². The summed E-state index contributed by atoms with van der Waals surface area (Å²) >= 11 is 0. The largest absolute Gasteiger partial charge is 0.497 e. The highest BCUT2D eigenvalue weighted by atomic mass is 32.2. The molecule has 1 aliphatic rings. The van der Waals surface area contributed by atoms with E-state index < -0.39 is 10.8 Å². The van der Waals surface area contributed by atoms with Gasteiger partial charge in [0.25, 0.3) is 0 Å². The van der Waals surface area contributed by atoms with Crippen molar-refractivity contribution < 1.29 is 8.95 Å². The highest BCUT2D eigenvalue weighted by molar-refractivity contribution is 7.86. The van der Waals surface area contributed by atoms with Gasteiger partial charge in [0.15, 0.2) is 0 Å². The van der Waals surface area contributed by atoms with E-state index >= 15 is 0 Å². The number of ether oxygens (including phenoxy) is 1. The van der Waals surface area contributed by atoms with Gasteiger partial charge in [-0.3, -0.25) is 4.21 Å². The number of aryl methyl sites for hydroxylation is 1. The van der Waals surface area contributed by atoms with E-state index in [2.05, 4.69) is 17.4 Å². The number of methoxy groups -OCH3 is 1. The lowest BCUT2D eigenvalue weighted by Crippen LogP contribution is -2.32. The van der Waals surface area contributed by atoms with Crippen LogP contribution in [0.5, 0.6) is 5.75 Å². The minimum Gasteiger partial charge on any atom is -0.497 e. The third kappa shape index (κ3) is 4.30. The van der Waals surface area contributed by atoms with Gasteiger partial charge in [0.1, 0.15) is 5.75 Å². The Labute approximate surface area is 130 Å². The van der Waals surface area contributed by atoms with Crippen LogP contribution in [0.1, 0.15) is 50.8 Å². The number of nitrogens with one attached hydrogen (secondary N) is 1. The van der Waals surface area contributed by atoms with E-state index in [1.807, 2.05) is 26.8 Å². The molecule has 1 aliphatic carbocycles. The first-order valence-electron chi connectivity index (χ1n) is 7.70. The van der Waals surface area contributed by atoms with Gasteiger partial charge < -0.3 is 10.1 Å². The molecule has 0 fully saturated rings. The summed E-state index contributed by atoms with van der Waals surface area (Å²) in [6.45, 7) is 6.90. The molecule has 3 nitrogen and oxygen atoms in total. The molecule has 0 spiro atoms. The van der Waals surface area contributed by atoms with E-state index in [4.69, 9.17) is 4.74 Å². The summed E-state index contributed by atoms with van der Waals surface area (Å²) in [5, 5.41) is 3.58. The topological polar surface area (TPSA) is 38.3 Å². The number of rotatable bonds is 5. The van der Waals surface area contributed by atoms with Crippen molar-refractivity contribution in [3.05, 3.63) is 29.3 Å². The number of hydrogen-bond donors (Lipinski definition) is 1. The summed E-state index contributed by atoms with van der Waals surface area (Å²) < 4.78 is 17.3. The molecule has 0 amide bonds. The van der Waals surface area contributed by atoms with Crippen molar-refractivity contribution in [3.63, 3.8) is 0 Å². The normalized spacial score (nSPS) is 19.9. The Morgan fingerprint density at radius 3 is 2.81 bits per heavy atom. The molecule has 1 aromatic rings. The monoisotopic (exact) mass is 309 g/mol. The molecular formula is C17H27NO2S. The van der Waals surface area contributed by atoms with Crippen molar-refractivity contribution in [1.29, 1.82) is 0 Å². The smallest absolute Gasteiger partial charge is 0.119 e. The summed E-state index contributed by atoms with van der Waals surface area (Å²) in [5.41, 5.74) is 2.76. The molecule has 2 atom stereocenters. The van der Waals surface area contributed by atoms with E-state index in [1.165, 1.54) is 17.5 Å². The van der Waals surface area contributed by atoms with Crippen LogP contribution in [0.25, 0.3) is 0 Å². The molecule has 1 aromatic carbocycles. The number of benzene rings is 1. The van der Waals surface area contributed by atoms with Crippen LogP contribution in [-0.4, -0.2) is 28.4 Å². The third-order valence-corrected chi connectivity index (χ3v) is 5.97. The maximum Gasteiger partial charge on any atom is 0.119 e. The molecule has 0 saturated heterocycles. The Kier molecular flexibility index (Phi) is 5.44. The molecule has 0 radical (unpaired) electrons. The van der Waals surface area contributed by atoms with Gasteiger partial charge in [0.05, 0.1) is 7.11 Å². The van der Waals surface area contributed by atoms with Crippen LogP contribution >= 0.6 is 0 Å². The third-order valence-electron chi connectivity index (χ3n) is 4.03. The van der Waals surface area contributed by atoms with Gasteiger partial charge in [-0.25, -0.2) is 0 Å². The molecule has 0 unspecified atom stereocenters. The zero-order chi connectivity index (χ0) is 15.5. The Morgan fingerprint density at radius 2 is 2.14 bits per heavy atom. The first-order valence-corrected chi connectivity index (χ1v) is 9.02. The van der Waals surface area contributed by atoms with Gasteiger partial charge in [-0.05, 0) is 63.3 Å². The van der Waals surface area contributed by atoms with Crippen LogP contribution in [0.3, 0.4) is 0 Å². The predicted octanol–water partition coefficient (Wildman–Crippen LogP) is 3.21. The van der Waals surface area contributed by atoms with Gasteiger partial charge in [0.2, 0.25) is 0 Å². The molecule has 0 aliphatic heterocycles. The zero-order valence-electron chi connectivity index (χ0n) is 13.6. The van der Waals surface area contributed by atoms with Crippen molar-refractivity contribution in [2.75, 3.05) is 19.4 Å². The standard InChI is InChI=1S/C17H27NO2S/c1-17(2,3)21(19)11-10-18-16-7-5-6-13-12-14(20-4)8-9-15(13)16/h8-9,12,16,18H,5-7,10-11H2,1-4H3/t16-,21+/m0/s1. The molecule has 1 N–H and O–H groups in total. The van der Waals surface area contributed by atoms with Crippen molar-refractivity contribution in [2.24, 2.45) is 0 Å². The SMILES string of the molecule is COc1ccc2c(c1)CCC[C@@H]2NCC[S@@](=O)C(C)(C)C. The number of fused-ring (bicyclic) bond motifs is 1. The molecule has 0 bridgehead atoms. The second-order valence-corrected chi connectivity index (χ2v) is 8.95. The van der Waals surface area contributed by atoms with Crippen LogP contribution in [0.15, 0.2) is 18.2 Å². The quantitative estimate of drug-likeness (QED) is 0.907. The highest BCUT2D eigenvalue weighted by Gasteiger charge is 2.22. The molecule has 21 heavy (non-hydrogen) atoms. The summed E-state index contributed by atoms with van der Waals surface area (Å²) in [6.07, 6.45) is 3.47. The van der Waals surface area contributed by atoms with Crippen LogP contribution in [0.2, 0.25) is 0 Å². The molecular weight excluding hydrogens is 282 g/mol. The minimum absolute atomic E-state index is 0.125. The molecule has 0 saturated carbocycles. The van der Waals surface area contributed by atoms with E-state index in [0.29, 0.717) is 11.8 Å². The molecule has 0 heterocycles. The maximum atomic E-state index is 12.1. The maximum absolute atomic E-state index is 12.1. The Bertz CT molecular complexity index is 508. The van der Waals surface area contributed by atoms with Gasteiger partial charge in [0, 0.05) is 33.9 Å². The minimum atomic E-state index is -0.787.